The second-order valence-electron chi connectivity index (χ2n) is 14.9. The van der Waals surface area contributed by atoms with Crippen LogP contribution >= 0.6 is 0 Å². The van der Waals surface area contributed by atoms with Crippen molar-refractivity contribution in [1.29, 1.82) is 0 Å². The van der Waals surface area contributed by atoms with E-state index in [0.29, 0.717) is 24.1 Å². The van der Waals surface area contributed by atoms with E-state index in [-0.39, 0.29) is 42.5 Å². The van der Waals surface area contributed by atoms with Crippen LogP contribution in [0.3, 0.4) is 0 Å². The van der Waals surface area contributed by atoms with Gasteiger partial charge in [0, 0.05) is 60.0 Å². The van der Waals surface area contributed by atoms with Crippen LogP contribution in [-0.4, -0.2) is 72.3 Å². The van der Waals surface area contributed by atoms with Gasteiger partial charge >= 0.3 is 17.9 Å². The average molecular weight is 746 g/mol. The number of nitrogens with zero attached hydrogens (tertiary/aromatic N) is 1. The minimum Gasteiger partial charge on any atom is -1.00 e. The molecule has 3 aliphatic carbocycles. The standard InChI is InChI=1S/C42H48NO9.ClH/c1-24-21-25(2)42-31(17-18-32-34(42)35(44)26(3)37(38(32)52-42)51-40(46)29-11-7-8-12-29)22-33(48-5)41(47)50-36(24)27(4)49-39(45)30-15-13-28(14-16-30)23-43-19-9-6-10-20-43;/h6-11,13-21,24,26-27,31-38,44H,12,22-23H2,1-5H3;1H/q+1;/p-1/b25-21+;/t24-,26-,27-,31?,32-,33+,34+,35-,36+,37-,38-,42+;/m1./s1. The van der Waals surface area contributed by atoms with Crippen LogP contribution < -0.4 is 17.0 Å². The lowest BCUT2D eigenvalue weighted by Gasteiger charge is -2.49. The van der Waals surface area contributed by atoms with Crippen LogP contribution in [0.1, 0.15) is 56.5 Å². The van der Waals surface area contributed by atoms with Gasteiger partial charge in [-0.1, -0.05) is 68.5 Å². The quantitative estimate of drug-likeness (QED) is 0.187. The number of aliphatic hydroxyl groups is 1. The predicted molar refractivity (Wildman–Crippen MR) is 189 cm³/mol. The number of hydrogen-bond donors (Lipinski definition) is 1. The van der Waals surface area contributed by atoms with Crippen molar-refractivity contribution in [2.24, 2.45) is 29.6 Å². The maximum atomic E-state index is 13.8. The number of aromatic nitrogens is 1. The lowest BCUT2D eigenvalue weighted by atomic mass is 9.57. The topological polar surface area (TPSA) is 121 Å². The largest absolute Gasteiger partial charge is 1.00 e. The Morgan fingerprint density at radius 2 is 1.81 bits per heavy atom. The molecule has 1 aromatic heterocycles. The first kappa shape index (κ1) is 38.6. The number of ether oxygens (including phenoxy) is 5. The number of hydrogen-bond acceptors (Lipinski definition) is 9. The Morgan fingerprint density at radius 3 is 2.49 bits per heavy atom. The molecule has 53 heavy (non-hydrogen) atoms. The van der Waals surface area contributed by atoms with Gasteiger partial charge in [0.25, 0.3) is 0 Å². The summed E-state index contributed by atoms with van der Waals surface area (Å²) >= 11 is 0. The summed E-state index contributed by atoms with van der Waals surface area (Å²) in [4.78, 5) is 40.3. The third-order valence-electron chi connectivity index (χ3n) is 11.8. The molecule has 2 aliphatic heterocycles. The summed E-state index contributed by atoms with van der Waals surface area (Å²) in [6.45, 7) is 8.20. The van der Waals surface area contributed by atoms with Gasteiger partial charge in [0.1, 0.15) is 30.0 Å². The highest BCUT2D eigenvalue weighted by molar-refractivity contribution is 5.90. The number of cyclic esters (lactones) is 1. The Kier molecular flexibility index (Phi) is 11.5. The summed E-state index contributed by atoms with van der Waals surface area (Å²) in [6.07, 6.45) is 11.7. The zero-order valence-electron chi connectivity index (χ0n) is 30.7. The van der Waals surface area contributed by atoms with Crippen molar-refractivity contribution < 1.29 is 60.1 Å². The number of benzene rings is 1. The molecule has 11 heteroatoms. The summed E-state index contributed by atoms with van der Waals surface area (Å²) in [6, 6.07) is 13.2. The second-order valence-corrected chi connectivity index (χ2v) is 14.9. The van der Waals surface area contributed by atoms with Crippen molar-refractivity contribution in [3.05, 3.63) is 114 Å². The third kappa shape index (κ3) is 7.14. The summed E-state index contributed by atoms with van der Waals surface area (Å²) in [7, 11) is 1.47. The molecule has 4 bridgehead atoms. The highest BCUT2D eigenvalue weighted by atomic mass is 35.5. The fourth-order valence-electron chi connectivity index (χ4n) is 9.08. The number of methoxy groups -OCH3 is 1. The van der Waals surface area contributed by atoms with Crippen molar-refractivity contribution in [1.82, 2.24) is 0 Å². The number of pyridine rings is 1. The van der Waals surface area contributed by atoms with E-state index in [0.717, 1.165) is 11.1 Å². The molecule has 10 nitrogen and oxygen atoms in total. The summed E-state index contributed by atoms with van der Waals surface area (Å²) < 4.78 is 33.1. The zero-order chi connectivity index (χ0) is 36.7. The minimum absolute atomic E-state index is 0. The molecule has 1 N–H and O–H groups in total. The molecule has 2 aromatic rings. The van der Waals surface area contributed by atoms with Gasteiger partial charge in [-0.2, -0.15) is 0 Å². The van der Waals surface area contributed by atoms with E-state index < -0.39 is 66.1 Å². The second kappa shape index (κ2) is 15.7. The van der Waals surface area contributed by atoms with Crippen LogP contribution in [0.15, 0.2) is 102 Å². The molecule has 282 valence electrons. The fraction of sp³-hybridized carbons (Fsp3) is 0.476. The van der Waals surface area contributed by atoms with E-state index in [1.165, 1.54) is 7.11 Å². The van der Waals surface area contributed by atoms with Crippen molar-refractivity contribution in [3.63, 3.8) is 0 Å². The highest BCUT2D eigenvalue weighted by Gasteiger charge is 2.69. The maximum Gasteiger partial charge on any atom is 0.338 e. The molecule has 5 aliphatic rings. The number of carbonyl (C=O) groups excluding carboxylic acids is 3. The van der Waals surface area contributed by atoms with Gasteiger partial charge in [0.2, 0.25) is 0 Å². The first-order valence-corrected chi connectivity index (χ1v) is 18.3. The molecule has 1 spiro atoms. The van der Waals surface area contributed by atoms with Crippen LogP contribution in [0, 0.1) is 29.6 Å². The lowest BCUT2D eigenvalue weighted by molar-refractivity contribution is -0.688. The molecule has 0 radical (unpaired) electrons. The molecule has 2 fully saturated rings. The van der Waals surface area contributed by atoms with Crippen molar-refractivity contribution in [2.45, 2.75) is 89.3 Å². The number of carbonyl (C=O) groups is 3. The summed E-state index contributed by atoms with van der Waals surface area (Å²) in [5, 5.41) is 12.0. The third-order valence-corrected chi connectivity index (χ3v) is 11.8. The van der Waals surface area contributed by atoms with Gasteiger partial charge in [-0.05, 0) is 44.4 Å². The Bertz CT molecular complexity index is 1810. The normalized spacial score (nSPS) is 35.8. The van der Waals surface area contributed by atoms with E-state index in [4.69, 9.17) is 23.7 Å². The number of allylic oxidation sites excluding steroid dienone is 3. The monoisotopic (exact) mass is 745 g/mol. The van der Waals surface area contributed by atoms with E-state index >= 15 is 0 Å². The zero-order valence-corrected chi connectivity index (χ0v) is 31.4. The minimum atomic E-state index is -1.000. The SMILES string of the molecule is CO[C@H]1CC2C=C[C@H]3[C@H]4O[C@]2(/C(C)=C/[C@@H](C)[C@@H]([C@@H](C)OC(=O)c2ccc(C[n+]5ccccc5)cc2)OC1=O)[C@@H]3[C@H](O)[C@@H](C)[C@H]4OC(=O)C1=CC=CC1.[Cl-]. The van der Waals surface area contributed by atoms with Gasteiger partial charge in [-0.25, -0.2) is 19.0 Å². The van der Waals surface area contributed by atoms with Gasteiger partial charge in [0.15, 0.2) is 25.0 Å². The Hall–Kier alpha value is -4.09. The molecular weight excluding hydrogens is 698 g/mol. The van der Waals surface area contributed by atoms with Gasteiger partial charge in [-0.3, -0.25) is 0 Å². The molecule has 3 heterocycles. The van der Waals surface area contributed by atoms with Gasteiger partial charge < -0.3 is 41.2 Å². The number of esters is 3. The van der Waals surface area contributed by atoms with E-state index in [2.05, 4.69) is 12.2 Å². The van der Waals surface area contributed by atoms with Crippen LogP contribution in [-0.2, 0) is 39.8 Å². The van der Waals surface area contributed by atoms with Crippen molar-refractivity contribution >= 4 is 17.9 Å². The number of aliphatic hydroxyl groups excluding tert-OH is 1. The molecular formula is C42H48ClNO9. The molecule has 1 saturated carbocycles. The summed E-state index contributed by atoms with van der Waals surface area (Å²) in [5.41, 5.74) is 1.86. The smallest absolute Gasteiger partial charge is 0.338 e. The first-order chi connectivity index (χ1) is 25.0. The van der Waals surface area contributed by atoms with Crippen LogP contribution in [0.25, 0.3) is 0 Å². The van der Waals surface area contributed by atoms with Crippen LogP contribution in [0.5, 0.6) is 0 Å². The highest BCUT2D eigenvalue weighted by Crippen LogP contribution is 2.61. The van der Waals surface area contributed by atoms with E-state index in [1.54, 1.807) is 25.1 Å². The van der Waals surface area contributed by atoms with Crippen LogP contribution in [0.4, 0.5) is 0 Å². The van der Waals surface area contributed by atoms with E-state index in [1.807, 2.05) is 86.3 Å². The van der Waals surface area contributed by atoms with Gasteiger partial charge in [-0.15, -0.1) is 0 Å². The molecule has 0 amide bonds. The first-order valence-electron chi connectivity index (χ1n) is 18.3. The average Bonchev–Trinajstić information content (AvgIpc) is 3.75. The van der Waals surface area contributed by atoms with Crippen molar-refractivity contribution in [2.75, 3.05) is 7.11 Å². The Labute approximate surface area is 316 Å². The molecule has 1 aromatic carbocycles. The Balaban J connectivity index is 0.00000481. The van der Waals surface area contributed by atoms with Gasteiger partial charge in [0.05, 0.1) is 11.7 Å². The molecule has 1 unspecified atom stereocenters. The Morgan fingerprint density at radius 1 is 1.08 bits per heavy atom. The number of halogens is 1. The molecule has 7 rings (SSSR count). The molecule has 12 atom stereocenters. The number of rotatable bonds is 8. The van der Waals surface area contributed by atoms with Crippen molar-refractivity contribution in [3.8, 4) is 0 Å². The lowest BCUT2D eigenvalue weighted by Crippen LogP contribution is -3.00. The van der Waals surface area contributed by atoms with E-state index in [9.17, 15) is 19.5 Å². The fourth-order valence-corrected chi connectivity index (χ4v) is 9.08. The predicted octanol–water partition coefficient (Wildman–Crippen LogP) is 1.85. The molecule has 1 saturated heterocycles. The van der Waals surface area contributed by atoms with Crippen LogP contribution in [0.2, 0.25) is 0 Å². The maximum absolute atomic E-state index is 13.8. The summed E-state index contributed by atoms with van der Waals surface area (Å²) in [5.74, 6) is -3.20.